The van der Waals surface area contributed by atoms with Crippen molar-refractivity contribution in [1.82, 2.24) is 0 Å². The summed E-state index contributed by atoms with van der Waals surface area (Å²) in [5.74, 6) is 0.970. The van der Waals surface area contributed by atoms with Crippen molar-refractivity contribution in [2.75, 3.05) is 6.61 Å². The molecule has 0 heterocycles. The first-order valence-electron chi connectivity index (χ1n) is 6.93. The second kappa shape index (κ2) is 5.31. The Bertz CT molecular complexity index is 700. The SMILES string of the molecule is CCCCOc1ccc2ccc3ccccc3c2c1. The third-order valence-electron chi connectivity index (χ3n) is 3.48. The van der Waals surface area contributed by atoms with Gasteiger partial charge in [-0.15, -0.1) is 0 Å². The molecule has 0 saturated heterocycles. The first-order chi connectivity index (χ1) is 9.38. The zero-order valence-electron chi connectivity index (χ0n) is 11.2. The fraction of sp³-hybridized carbons (Fsp3) is 0.222. The Balaban J connectivity index is 2.07. The summed E-state index contributed by atoms with van der Waals surface area (Å²) in [5.41, 5.74) is 0. The van der Waals surface area contributed by atoms with Crippen molar-refractivity contribution >= 4 is 21.5 Å². The van der Waals surface area contributed by atoms with Gasteiger partial charge < -0.3 is 4.74 Å². The van der Waals surface area contributed by atoms with Gasteiger partial charge in [0.15, 0.2) is 0 Å². The number of benzene rings is 3. The van der Waals surface area contributed by atoms with Gasteiger partial charge in [0.05, 0.1) is 6.61 Å². The fourth-order valence-electron chi connectivity index (χ4n) is 2.41. The molecule has 0 aliphatic rings. The Labute approximate surface area is 113 Å². The predicted octanol–water partition coefficient (Wildman–Crippen LogP) is 5.17. The molecule has 1 nitrogen and oxygen atoms in total. The summed E-state index contributed by atoms with van der Waals surface area (Å²) in [6.07, 6.45) is 2.27. The van der Waals surface area contributed by atoms with Crippen LogP contribution in [-0.4, -0.2) is 6.61 Å². The van der Waals surface area contributed by atoms with E-state index < -0.39 is 0 Å². The highest BCUT2D eigenvalue weighted by molar-refractivity contribution is 6.07. The molecule has 96 valence electrons. The molecule has 0 aromatic heterocycles. The minimum Gasteiger partial charge on any atom is -0.494 e. The summed E-state index contributed by atoms with van der Waals surface area (Å²) in [4.78, 5) is 0. The van der Waals surface area contributed by atoms with Crippen LogP contribution in [0.4, 0.5) is 0 Å². The monoisotopic (exact) mass is 250 g/mol. The third-order valence-corrected chi connectivity index (χ3v) is 3.48. The average Bonchev–Trinajstić information content (AvgIpc) is 2.47. The smallest absolute Gasteiger partial charge is 0.119 e. The van der Waals surface area contributed by atoms with Gasteiger partial charge in [0, 0.05) is 0 Å². The standard InChI is InChI=1S/C18H18O/c1-2-3-12-19-16-11-10-15-9-8-14-6-4-5-7-17(14)18(15)13-16/h4-11,13H,2-3,12H2,1H3. The number of ether oxygens (including phenoxy) is 1. The van der Waals surface area contributed by atoms with Crippen LogP contribution in [-0.2, 0) is 0 Å². The van der Waals surface area contributed by atoms with Crippen molar-refractivity contribution in [2.24, 2.45) is 0 Å². The van der Waals surface area contributed by atoms with Crippen LogP contribution in [0, 0.1) is 0 Å². The maximum absolute atomic E-state index is 5.80. The van der Waals surface area contributed by atoms with E-state index in [-0.39, 0.29) is 0 Å². The first kappa shape index (κ1) is 12.0. The van der Waals surface area contributed by atoms with Gasteiger partial charge in [0.25, 0.3) is 0 Å². The largest absolute Gasteiger partial charge is 0.494 e. The lowest BCUT2D eigenvalue weighted by atomic mass is 10.0. The van der Waals surface area contributed by atoms with E-state index in [2.05, 4.69) is 61.5 Å². The number of hydrogen-bond donors (Lipinski definition) is 0. The van der Waals surface area contributed by atoms with E-state index in [4.69, 9.17) is 4.74 Å². The summed E-state index contributed by atoms with van der Waals surface area (Å²) in [5, 5.41) is 5.11. The van der Waals surface area contributed by atoms with E-state index in [1.54, 1.807) is 0 Å². The highest BCUT2D eigenvalue weighted by Gasteiger charge is 2.02. The second-order valence-corrected chi connectivity index (χ2v) is 4.87. The van der Waals surface area contributed by atoms with Crippen LogP contribution >= 0.6 is 0 Å². The highest BCUT2D eigenvalue weighted by atomic mass is 16.5. The van der Waals surface area contributed by atoms with Gasteiger partial charge in [0.2, 0.25) is 0 Å². The Morgan fingerprint density at radius 2 is 1.58 bits per heavy atom. The van der Waals surface area contributed by atoms with Crippen LogP contribution < -0.4 is 4.74 Å². The molecule has 3 rings (SSSR count). The Morgan fingerprint density at radius 1 is 0.842 bits per heavy atom. The van der Waals surface area contributed by atoms with Gasteiger partial charge in [-0.2, -0.15) is 0 Å². The van der Waals surface area contributed by atoms with Gasteiger partial charge in [-0.1, -0.05) is 55.8 Å². The van der Waals surface area contributed by atoms with Crippen molar-refractivity contribution in [3.63, 3.8) is 0 Å². The minimum absolute atomic E-state index is 0.798. The van der Waals surface area contributed by atoms with Gasteiger partial charge in [-0.3, -0.25) is 0 Å². The van der Waals surface area contributed by atoms with Gasteiger partial charge in [0.1, 0.15) is 5.75 Å². The molecule has 0 saturated carbocycles. The predicted molar refractivity (Wildman–Crippen MR) is 81.9 cm³/mol. The molecule has 0 aliphatic heterocycles. The van der Waals surface area contributed by atoms with Crippen molar-refractivity contribution in [3.8, 4) is 5.75 Å². The molecule has 0 fully saturated rings. The molecule has 0 aliphatic carbocycles. The topological polar surface area (TPSA) is 9.23 Å². The van der Waals surface area contributed by atoms with E-state index in [0.29, 0.717) is 0 Å². The van der Waals surface area contributed by atoms with Crippen LogP contribution in [0.2, 0.25) is 0 Å². The molecule has 0 bridgehead atoms. The molecule has 0 amide bonds. The molecular formula is C18H18O. The summed E-state index contributed by atoms with van der Waals surface area (Å²) >= 11 is 0. The first-order valence-corrected chi connectivity index (χ1v) is 6.93. The number of hydrogen-bond acceptors (Lipinski definition) is 1. The molecule has 0 unspecified atom stereocenters. The van der Waals surface area contributed by atoms with Crippen LogP contribution in [0.25, 0.3) is 21.5 Å². The van der Waals surface area contributed by atoms with E-state index >= 15 is 0 Å². The van der Waals surface area contributed by atoms with Gasteiger partial charge in [-0.25, -0.2) is 0 Å². The maximum Gasteiger partial charge on any atom is 0.119 e. The molecule has 0 N–H and O–H groups in total. The maximum atomic E-state index is 5.80. The Hall–Kier alpha value is -2.02. The zero-order valence-corrected chi connectivity index (χ0v) is 11.2. The van der Waals surface area contributed by atoms with E-state index in [0.717, 1.165) is 25.2 Å². The van der Waals surface area contributed by atoms with Crippen molar-refractivity contribution in [1.29, 1.82) is 0 Å². The molecule has 3 aromatic rings. The van der Waals surface area contributed by atoms with E-state index in [1.165, 1.54) is 21.5 Å². The average molecular weight is 250 g/mol. The van der Waals surface area contributed by atoms with E-state index in [1.807, 2.05) is 0 Å². The zero-order chi connectivity index (χ0) is 13.1. The third kappa shape index (κ3) is 2.41. The molecule has 0 radical (unpaired) electrons. The van der Waals surface area contributed by atoms with Crippen LogP contribution in [0.1, 0.15) is 19.8 Å². The second-order valence-electron chi connectivity index (χ2n) is 4.87. The Morgan fingerprint density at radius 3 is 2.42 bits per heavy atom. The van der Waals surface area contributed by atoms with E-state index in [9.17, 15) is 0 Å². The van der Waals surface area contributed by atoms with Crippen molar-refractivity contribution in [3.05, 3.63) is 54.6 Å². The molecule has 0 atom stereocenters. The van der Waals surface area contributed by atoms with Crippen molar-refractivity contribution in [2.45, 2.75) is 19.8 Å². The minimum atomic E-state index is 0.798. The molecule has 0 spiro atoms. The lowest BCUT2D eigenvalue weighted by Gasteiger charge is -2.08. The highest BCUT2D eigenvalue weighted by Crippen LogP contribution is 2.28. The van der Waals surface area contributed by atoms with Gasteiger partial charge >= 0.3 is 0 Å². The summed E-state index contributed by atoms with van der Waals surface area (Å²) in [6.45, 7) is 2.98. The number of unbranched alkanes of at least 4 members (excludes halogenated alkanes) is 1. The van der Waals surface area contributed by atoms with Gasteiger partial charge in [-0.05, 0) is 40.1 Å². The Kier molecular flexibility index (Phi) is 3.37. The normalized spacial score (nSPS) is 11.0. The fourth-order valence-corrected chi connectivity index (χ4v) is 2.41. The molecule has 1 heteroatoms. The van der Waals surface area contributed by atoms with Crippen LogP contribution in [0.15, 0.2) is 54.6 Å². The van der Waals surface area contributed by atoms with Crippen LogP contribution in [0.3, 0.4) is 0 Å². The number of rotatable bonds is 4. The molecular weight excluding hydrogens is 232 g/mol. The lowest BCUT2D eigenvalue weighted by molar-refractivity contribution is 0.310. The molecule has 3 aromatic carbocycles. The number of fused-ring (bicyclic) bond motifs is 3. The summed E-state index contributed by atoms with van der Waals surface area (Å²) < 4.78 is 5.80. The lowest BCUT2D eigenvalue weighted by Crippen LogP contribution is -1.96. The summed E-state index contributed by atoms with van der Waals surface area (Å²) in [6, 6.07) is 19.2. The van der Waals surface area contributed by atoms with Crippen molar-refractivity contribution < 1.29 is 4.74 Å². The molecule has 19 heavy (non-hydrogen) atoms. The van der Waals surface area contributed by atoms with Crippen LogP contribution in [0.5, 0.6) is 5.75 Å². The quantitative estimate of drug-likeness (QED) is 0.458. The summed E-state index contributed by atoms with van der Waals surface area (Å²) in [7, 11) is 0.